The molecule has 0 fully saturated rings. The highest BCUT2D eigenvalue weighted by Gasteiger charge is 2.24. The standard InChI is InChI=1S/C10H9BrClNO/c1-13-3-2-6-4-7(12)5-8(11)9(6)10(13)14/h4-5H,2-3H2,1H3. The zero-order chi connectivity index (χ0) is 10.3. The first-order chi connectivity index (χ1) is 6.59. The highest BCUT2D eigenvalue weighted by molar-refractivity contribution is 9.10. The number of hydrogen-bond acceptors (Lipinski definition) is 1. The van der Waals surface area contributed by atoms with Crippen LogP contribution in [0.25, 0.3) is 0 Å². The molecule has 1 amide bonds. The summed E-state index contributed by atoms with van der Waals surface area (Å²) in [6.45, 7) is 0.763. The molecule has 0 atom stereocenters. The van der Waals surface area contributed by atoms with E-state index in [1.165, 1.54) is 0 Å². The number of fused-ring (bicyclic) bond motifs is 1. The van der Waals surface area contributed by atoms with Gasteiger partial charge in [-0.05, 0) is 40.0 Å². The van der Waals surface area contributed by atoms with Crippen molar-refractivity contribution in [3.63, 3.8) is 0 Å². The Morgan fingerprint density at radius 2 is 2.21 bits per heavy atom. The van der Waals surface area contributed by atoms with Gasteiger partial charge in [0.1, 0.15) is 0 Å². The maximum Gasteiger partial charge on any atom is 0.255 e. The highest BCUT2D eigenvalue weighted by Crippen LogP contribution is 2.29. The van der Waals surface area contributed by atoms with Gasteiger partial charge in [-0.3, -0.25) is 4.79 Å². The summed E-state index contributed by atoms with van der Waals surface area (Å²) >= 11 is 9.28. The zero-order valence-electron chi connectivity index (χ0n) is 7.68. The minimum Gasteiger partial charge on any atom is -0.341 e. The summed E-state index contributed by atoms with van der Waals surface area (Å²) in [5.41, 5.74) is 1.79. The van der Waals surface area contributed by atoms with Crippen molar-refractivity contribution in [3.05, 3.63) is 32.8 Å². The lowest BCUT2D eigenvalue weighted by Crippen LogP contribution is -2.34. The minimum atomic E-state index is 0.0646. The Hall–Kier alpha value is -0.540. The fraction of sp³-hybridized carbons (Fsp3) is 0.300. The van der Waals surface area contributed by atoms with Crippen molar-refractivity contribution in [2.45, 2.75) is 6.42 Å². The molecule has 1 heterocycles. The molecule has 0 saturated heterocycles. The third-order valence-electron chi connectivity index (χ3n) is 2.41. The van der Waals surface area contributed by atoms with Gasteiger partial charge in [-0.15, -0.1) is 0 Å². The molecular formula is C10H9BrClNO. The number of amides is 1. The van der Waals surface area contributed by atoms with E-state index in [1.807, 2.05) is 13.1 Å². The van der Waals surface area contributed by atoms with Crippen LogP contribution in [0.3, 0.4) is 0 Å². The monoisotopic (exact) mass is 273 g/mol. The van der Waals surface area contributed by atoms with Crippen molar-refractivity contribution in [2.75, 3.05) is 13.6 Å². The molecule has 74 valence electrons. The van der Waals surface area contributed by atoms with Crippen molar-refractivity contribution in [1.82, 2.24) is 4.90 Å². The van der Waals surface area contributed by atoms with Crippen molar-refractivity contribution < 1.29 is 4.79 Å². The predicted molar refractivity (Wildman–Crippen MR) is 59.8 cm³/mol. The van der Waals surface area contributed by atoms with Crippen LogP contribution in [0.15, 0.2) is 16.6 Å². The number of rotatable bonds is 0. The van der Waals surface area contributed by atoms with Crippen LogP contribution in [0, 0.1) is 0 Å². The van der Waals surface area contributed by atoms with Gasteiger partial charge in [0.2, 0.25) is 0 Å². The van der Waals surface area contributed by atoms with Crippen LogP contribution in [0.5, 0.6) is 0 Å². The lowest BCUT2D eigenvalue weighted by molar-refractivity contribution is 0.0780. The Labute approximate surface area is 96.0 Å². The summed E-state index contributed by atoms with van der Waals surface area (Å²) in [4.78, 5) is 13.5. The number of hydrogen-bond donors (Lipinski definition) is 0. The molecule has 0 N–H and O–H groups in total. The molecule has 0 aromatic heterocycles. The molecular weight excluding hydrogens is 265 g/mol. The van der Waals surface area contributed by atoms with E-state index >= 15 is 0 Å². The second kappa shape index (κ2) is 3.55. The Balaban J connectivity index is 2.60. The average molecular weight is 275 g/mol. The highest BCUT2D eigenvalue weighted by atomic mass is 79.9. The average Bonchev–Trinajstić information content (AvgIpc) is 2.10. The van der Waals surface area contributed by atoms with Gasteiger partial charge in [-0.1, -0.05) is 11.6 Å². The molecule has 1 aliphatic rings. The second-order valence-corrected chi connectivity index (χ2v) is 4.69. The first-order valence-corrected chi connectivity index (χ1v) is 5.50. The van der Waals surface area contributed by atoms with Gasteiger partial charge in [0, 0.05) is 23.1 Å². The van der Waals surface area contributed by atoms with Crippen LogP contribution in [0.2, 0.25) is 5.02 Å². The van der Waals surface area contributed by atoms with Crippen molar-refractivity contribution >= 4 is 33.4 Å². The fourth-order valence-corrected chi connectivity index (χ4v) is 2.69. The predicted octanol–water partition coefficient (Wildman–Crippen LogP) is 2.73. The summed E-state index contributed by atoms with van der Waals surface area (Å²) < 4.78 is 0.788. The summed E-state index contributed by atoms with van der Waals surface area (Å²) in [7, 11) is 1.81. The lowest BCUT2D eigenvalue weighted by Gasteiger charge is -2.25. The molecule has 1 aromatic rings. The van der Waals surface area contributed by atoms with E-state index in [-0.39, 0.29) is 5.91 Å². The van der Waals surface area contributed by atoms with E-state index in [1.54, 1.807) is 11.0 Å². The van der Waals surface area contributed by atoms with Crippen LogP contribution >= 0.6 is 27.5 Å². The van der Waals surface area contributed by atoms with E-state index in [4.69, 9.17) is 11.6 Å². The van der Waals surface area contributed by atoms with Gasteiger partial charge in [0.25, 0.3) is 5.91 Å². The van der Waals surface area contributed by atoms with Gasteiger partial charge < -0.3 is 4.90 Å². The third kappa shape index (κ3) is 1.55. The van der Waals surface area contributed by atoms with Crippen LogP contribution in [0.4, 0.5) is 0 Å². The smallest absolute Gasteiger partial charge is 0.255 e. The Kier molecular flexibility index (Phi) is 2.54. The second-order valence-electron chi connectivity index (χ2n) is 3.40. The molecule has 1 aliphatic heterocycles. The summed E-state index contributed by atoms with van der Waals surface area (Å²) in [6, 6.07) is 3.63. The van der Waals surface area contributed by atoms with Gasteiger partial charge in [-0.25, -0.2) is 0 Å². The first kappa shape index (κ1) is 9.99. The molecule has 0 spiro atoms. The van der Waals surface area contributed by atoms with E-state index in [0.29, 0.717) is 5.02 Å². The number of nitrogens with zero attached hydrogens (tertiary/aromatic N) is 1. The molecule has 4 heteroatoms. The van der Waals surface area contributed by atoms with Crippen LogP contribution in [-0.4, -0.2) is 24.4 Å². The van der Waals surface area contributed by atoms with Gasteiger partial charge in [0.05, 0.1) is 5.56 Å². The van der Waals surface area contributed by atoms with E-state index in [0.717, 1.165) is 28.6 Å². The van der Waals surface area contributed by atoms with E-state index < -0.39 is 0 Å². The number of carbonyl (C=O) groups is 1. The Morgan fingerprint density at radius 3 is 2.93 bits per heavy atom. The molecule has 0 saturated carbocycles. The van der Waals surface area contributed by atoms with Crippen LogP contribution < -0.4 is 0 Å². The molecule has 0 radical (unpaired) electrons. The Morgan fingerprint density at radius 1 is 1.50 bits per heavy atom. The lowest BCUT2D eigenvalue weighted by atomic mass is 10.00. The summed E-state index contributed by atoms with van der Waals surface area (Å²) in [5, 5.41) is 0.674. The van der Waals surface area contributed by atoms with E-state index in [9.17, 15) is 4.79 Å². The minimum absolute atomic E-state index is 0.0646. The van der Waals surface area contributed by atoms with Crippen LogP contribution in [-0.2, 0) is 6.42 Å². The SMILES string of the molecule is CN1CCc2cc(Cl)cc(Br)c2C1=O. The van der Waals surface area contributed by atoms with Crippen LogP contribution in [0.1, 0.15) is 15.9 Å². The van der Waals surface area contributed by atoms with Gasteiger partial charge in [-0.2, -0.15) is 0 Å². The zero-order valence-corrected chi connectivity index (χ0v) is 10.0. The van der Waals surface area contributed by atoms with Crippen molar-refractivity contribution in [1.29, 1.82) is 0 Å². The molecule has 14 heavy (non-hydrogen) atoms. The first-order valence-electron chi connectivity index (χ1n) is 4.33. The molecule has 0 bridgehead atoms. The van der Waals surface area contributed by atoms with E-state index in [2.05, 4.69) is 15.9 Å². The largest absolute Gasteiger partial charge is 0.341 e. The maximum absolute atomic E-state index is 11.8. The Bertz CT molecular complexity index is 405. The molecule has 0 aliphatic carbocycles. The van der Waals surface area contributed by atoms with Crippen molar-refractivity contribution in [2.24, 2.45) is 0 Å². The number of halogens is 2. The number of benzene rings is 1. The van der Waals surface area contributed by atoms with Gasteiger partial charge >= 0.3 is 0 Å². The van der Waals surface area contributed by atoms with Crippen molar-refractivity contribution in [3.8, 4) is 0 Å². The molecule has 2 rings (SSSR count). The fourth-order valence-electron chi connectivity index (χ4n) is 1.64. The quantitative estimate of drug-likeness (QED) is 0.712. The molecule has 1 aromatic carbocycles. The topological polar surface area (TPSA) is 20.3 Å². The summed E-state index contributed by atoms with van der Waals surface area (Å²) in [6.07, 6.45) is 0.872. The number of likely N-dealkylation sites (N-methyl/N-ethyl adjacent to an activating group) is 1. The normalized spacial score (nSPS) is 15.6. The summed E-state index contributed by atoms with van der Waals surface area (Å²) in [5.74, 6) is 0.0646. The maximum atomic E-state index is 11.8. The van der Waals surface area contributed by atoms with Gasteiger partial charge in [0.15, 0.2) is 0 Å². The third-order valence-corrected chi connectivity index (χ3v) is 3.26. The molecule has 2 nitrogen and oxygen atoms in total. The molecule has 0 unspecified atom stereocenters. The number of carbonyl (C=O) groups excluding carboxylic acids is 1.